The highest BCUT2D eigenvalue weighted by molar-refractivity contribution is 7.13. The molecule has 1 aromatic heterocycles. The number of rotatable bonds is 4. The number of hydrogen-bond acceptors (Lipinski definition) is 5. The molecule has 1 aliphatic heterocycles. The van der Waals surface area contributed by atoms with Crippen molar-refractivity contribution in [2.75, 3.05) is 40.8 Å². The zero-order valence-electron chi connectivity index (χ0n) is 14.6. The van der Waals surface area contributed by atoms with Gasteiger partial charge in [-0.15, -0.1) is 11.3 Å². The number of nitrogens with zero attached hydrogens (tertiary/aromatic N) is 4. The molecule has 7 heteroatoms. The molecule has 0 bridgehead atoms. The Labute approximate surface area is 142 Å². The highest BCUT2D eigenvalue weighted by Gasteiger charge is 2.24. The molecular formula is C16H26N4O2S. The number of likely N-dealkylation sites (N-methyl/N-ethyl adjacent to an activating group) is 1. The van der Waals surface area contributed by atoms with Gasteiger partial charge < -0.3 is 9.80 Å². The van der Waals surface area contributed by atoms with E-state index in [-0.39, 0.29) is 11.8 Å². The monoisotopic (exact) mass is 338 g/mol. The summed E-state index contributed by atoms with van der Waals surface area (Å²) in [5.41, 5.74) is 0.979. The van der Waals surface area contributed by atoms with Gasteiger partial charge in [-0.2, -0.15) is 0 Å². The Hall–Kier alpha value is -1.47. The van der Waals surface area contributed by atoms with Crippen LogP contribution in [-0.4, -0.2) is 78.3 Å². The van der Waals surface area contributed by atoms with E-state index in [4.69, 9.17) is 0 Å². The molecule has 2 rings (SSSR count). The number of amides is 2. The second kappa shape index (κ2) is 7.40. The molecule has 1 aromatic rings. The van der Waals surface area contributed by atoms with Crippen LogP contribution in [0.1, 0.15) is 34.2 Å². The average molecular weight is 338 g/mol. The van der Waals surface area contributed by atoms with E-state index < -0.39 is 0 Å². The molecule has 0 aliphatic carbocycles. The highest BCUT2D eigenvalue weighted by Crippen LogP contribution is 2.23. The summed E-state index contributed by atoms with van der Waals surface area (Å²) >= 11 is 1.47. The molecule has 0 spiro atoms. The highest BCUT2D eigenvalue weighted by atomic mass is 32.1. The van der Waals surface area contributed by atoms with Crippen molar-refractivity contribution in [3.63, 3.8) is 0 Å². The van der Waals surface area contributed by atoms with Crippen molar-refractivity contribution < 1.29 is 9.59 Å². The minimum atomic E-state index is -0.0467. The zero-order chi connectivity index (χ0) is 17.1. The zero-order valence-corrected chi connectivity index (χ0v) is 15.4. The molecule has 2 amide bonds. The molecule has 0 atom stereocenters. The Morgan fingerprint density at radius 1 is 1.22 bits per heavy atom. The Kier molecular flexibility index (Phi) is 5.75. The van der Waals surface area contributed by atoms with Crippen LogP contribution in [0.15, 0.2) is 0 Å². The van der Waals surface area contributed by atoms with E-state index in [1.54, 1.807) is 19.0 Å². The van der Waals surface area contributed by atoms with E-state index in [1.165, 1.54) is 11.3 Å². The van der Waals surface area contributed by atoms with Gasteiger partial charge in [-0.05, 0) is 20.9 Å². The Balaban J connectivity index is 2.00. The third kappa shape index (κ3) is 4.29. The van der Waals surface area contributed by atoms with Gasteiger partial charge in [0.15, 0.2) is 5.01 Å². The van der Waals surface area contributed by atoms with E-state index in [0.717, 1.165) is 23.4 Å². The van der Waals surface area contributed by atoms with Crippen LogP contribution in [0.4, 0.5) is 0 Å². The lowest BCUT2D eigenvalue weighted by Gasteiger charge is -2.26. The topological polar surface area (TPSA) is 56.8 Å². The lowest BCUT2D eigenvalue weighted by molar-refractivity contribution is -0.132. The van der Waals surface area contributed by atoms with Gasteiger partial charge in [-0.1, -0.05) is 0 Å². The smallest absolute Gasteiger partial charge is 0.282 e. The molecule has 0 aromatic carbocycles. The SMILES string of the molecule is CC(C)N(C)CC(=O)N1CCc2nc(C(=O)N(C)C)sc2CC1. The van der Waals surface area contributed by atoms with E-state index >= 15 is 0 Å². The van der Waals surface area contributed by atoms with Crippen molar-refractivity contribution >= 4 is 23.2 Å². The van der Waals surface area contributed by atoms with Crippen molar-refractivity contribution in [1.29, 1.82) is 0 Å². The maximum Gasteiger partial charge on any atom is 0.282 e. The van der Waals surface area contributed by atoms with Gasteiger partial charge in [-0.3, -0.25) is 14.5 Å². The van der Waals surface area contributed by atoms with E-state index in [9.17, 15) is 9.59 Å². The summed E-state index contributed by atoms with van der Waals surface area (Å²) in [4.78, 5) is 35.6. The molecule has 0 radical (unpaired) electrons. The van der Waals surface area contributed by atoms with Gasteiger partial charge in [0.2, 0.25) is 5.91 Å². The molecule has 23 heavy (non-hydrogen) atoms. The fraction of sp³-hybridized carbons (Fsp3) is 0.688. The molecule has 2 heterocycles. The molecule has 0 saturated heterocycles. The number of thiazole rings is 1. The fourth-order valence-corrected chi connectivity index (χ4v) is 3.51. The first kappa shape index (κ1) is 17.9. The third-order valence-electron chi connectivity index (χ3n) is 4.21. The van der Waals surface area contributed by atoms with Crippen LogP contribution >= 0.6 is 11.3 Å². The number of carbonyl (C=O) groups is 2. The van der Waals surface area contributed by atoms with E-state index in [2.05, 4.69) is 23.7 Å². The maximum absolute atomic E-state index is 12.4. The maximum atomic E-state index is 12.4. The molecule has 0 fully saturated rings. The quantitative estimate of drug-likeness (QED) is 0.825. The number of hydrogen-bond donors (Lipinski definition) is 0. The fourth-order valence-electron chi connectivity index (χ4n) is 2.39. The van der Waals surface area contributed by atoms with Crippen LogP contribution in [-0.2, 0) is 17.6 Å². The predicted molar refractivity (Wildman–Crippen MR) is 91.9 cm³/mol. The Bertz CT molecular complexity index is 557. The summed E-state index contributed by atoms with van der Waals surface area (Å²) in [6.45, 7) is 6.00. The summed E-state index contributed by atoms with van der Waals surface area (Å²) in [5, 5.41) is 0.555. The Morgan fingerprint density at radius 2 is 1.87 bits per heavy atom. The largest absolute Gasteiger partial charge is 0.343 e. The lowest BCUT2D eigenvalue weighted by atomic mass is 10.2. The van der Waals surface area contributed by atoms with Crippen LogP contribution in [0.25, 0.3) is 0 Å². The van der Waals surface area contributed by atoms with Crippen LogP contribution in [0.2, 0.25) is 0 Å². The van der Waals surface area contributed by atoms with E-state index in [0.29, 0.717) is 30.7 Å². The number of carbonyl (C=O) groups excluding carboxylic acids is 2. The Morgan fingerprint density at radius 3 is 2.48 bits per heavy atom. The van der Waals surface area contributed by atoms with Crippen LogP contribution in [0.3, 0.4) is 0 Å². The molecule has 0 N–H and O–H groups in total. The number of aromatic nitrogens is 1. The van der Waals surface area contributed by atoms with Gasteiger partial charge in [-0.25, -0.2) is 4.98 Å². The summed E-state index contributed by atoms with van der Waals surface area (Å²) in [6, 6.07) is 0.355. The van der Waals surface area contributed by atoms with Gasteiger partial charge >= 0.3 is 0 Å². The molecule has 128 valence electrons. The summed E-state index contributed by atoms with van der Waals surface area (Å²) in [5.74, 6) is 0.121. The summed E-state index contributed by atoms with van der Waals surface area (Å²) < 4.78 is 0. The first-order valence-corrected chi connectivity index (χ1v) is 8.79. The van der Waals surface area contributed by atoms with Gasteiger partial charge in [0.1, 0.15) is 0 Å². The minimum absolute atomic E-state index is 0.0467. The molecule has 1 aliphatic rings. The lowest BCUT2D eigenvalue weighted by Crippen LogP contribution is -2.42. The third-order valence-corrected chi connectivity index (χ3v) is 5.36. The van der Waals surface area contributed by atoms with Gasteiger partial charge in [0.05, 0.1) is 12.2 Å². The van der Waals surface area contributed by atoms with Crippen molar-refractivity contribution in [3.05, 3.63) is 15.6 Å². The van der Waals surface area contributed by atoms with Crippen molar-refractivity contribution in [1.82, 2.24) is 19.7 Å². The number of fused-ring (bicyclic) bond motifs is 1. The van der Waals surface area contributed by atoms with Crippen LogP contribution in [0.5, 0.6) is 0 Å². The van der Waals surface area contributed by atoms with Crippen molar-refractivity contribution in [2.24, 2.45) is 0 Å². The summed E-state index contributed by atoms with van der Waals surface area (Å²) in [6.07, 6.45) is 1.51. The first-order chi connectivity index (χ1) is 10.8. The second-order valence-corrected chi connectivity index (χ2v) is 7.56. The second-order valence-electron chi connectivity index (χ2n) is 6.48. The van der Waals surface area contributed by atoms with Crippen LogP contribution < -0.4 is 0 Å². The summed E-state index contributed by atoms with van der Waals surface area (Å²) in [7, 11) is 5.44. The van der Waals surface area contributed by atoms with Crippen molar-refractivity contribution in [3.8, 4) is 0 Å². The normalized spacial score (nSPS) is 14.8. The molecule has 0 unspecified atom stereocenters. The molecule has 0 saturated carbocycles. The predicted octanol–water partition coefficient (Wildman–Crippen LogP) is 1.11. The van der Waals surface area contributed by atoms with E-state index in [1.807, 2.05) is 11.9 Å². The van der Waals surface area contributed by atoms with Gasteiger partial charge in [0.25, 0.3) is 5.91 Å². The molecule has 6 nitrogen and oxygen atoms in total. The van der Waals surface area contributed by atoms with Crippen LogP contribution in [0, 0.1) is 0 Å². The average Bonchev–Trinajstić information content (AvgIpc) is 2.79. The van der Waals surface area contributed by atoms with Gasteiger partial charge in [0, 0.05) is 50.9 Å². The molecular weight excluding hydrogens is 312 g/mol. The van der Waals surface area contributed by atoms with Crippen molar-refractivity contribution in [2.45, 2.75) is 32.7 Å². The first-order valence-electron chi connectivity index (χ1n) is 7.97. The standard InChI is InChI=1S/C16H26N4O2S/c1-11(2)19(5)10-14(21)20-8-6-12-13(7-9-20)23-15(17-12)16(22)18(3)4/h11H,6-10H2,1-5H3. The minimum Gasteiger partial charge on any atom is -0.343 e.